The summed E-state index contributed by atoms with van der Waals surface area (Å²) < 4.78 is 4.80. The monoisotopic (exact) mass is 291 g/mol. The molecule has 2 atom stereocenters. The third kappa shape index (κ3) is 4.33. The smallest absolute Gasteiger partial charge is 0.324 e. The van der Waals surface area contributed by atoms with Crippen LogP contribution in [-0.2, 0) is 14.3 Å². The Morgan fingerprint density at radius 2 is 2.26 bits per heavy atom. The highest BCUT2D eigenvalue weighted by Crippen LogP contribution is 2.15. The predicted molar refractivity (Wildman–Crippen MR) is 73.2 cm³/mol. The summed E-state index contributed by atoms with van der Waals surface area (Å²) in [6.07, 6.45) is 2.31. The van der Waals surface area contributed by atoms with Gasteiger partial charge in [0, 0.05) is 13.1 Å². The Labute approximate surface area is 119 Å². The Morgan fingerprint density at radius 1 is 1.47 bits per heavy atom. The summed E-state index contributed by atoms with van der Waals surface area (Å²) in [5.41, 5.74) is 0. The van der Waals surface area contributed by atoms with E-state index in [0.717, 1.165) is 32.5 Å². The zero-order valence-corrected chi connectivity index (χ0v) is 12.0. The van der Waals surface area contributed by atoms with Crippen LogP contribution in [0.25, 0.3) is 0 Å². The van der Waals surface area contributed by atoms with Crippen LogP contribution in [0.4, 0.5) is 0 Å². The molecule has 0 aromatic rings. The molecule has 0 aromatic heterocycles. The summed E-state index contributed by atoms with van der Waals surface area (Å²) >= 11 is 0. The van der Waals surface area contributed by atoms with Gasteiger partial charge in [0.05, 0.1) is 13.7 Å². The van der Waals surface area contributed by atoms with E-state index in [4.69, 9.17) is 4.74 Å². The van der Waals surface area contributed by atoms with Gasteiger partial charge in [0.1, 0.15) is 6.04 Å². The molecule has 19 heavy (non-hydrogen) atoms. The lowest BCUT2D eigenvalue weighted by Crippen LogP contribution is -2.59. The van der Waals surface area contributed by atoms with E-state index < -0.39 is 0 Å². The van der Waals surface area contributed by atoms with Gasteiger partial charge in [-0.3, -0.25) is 14.5 Å². The molecule has 2 fully saturated rings. The number of piperazine rings is 1. The molecule has 0 aliphatic carbocycles. The summed E-state index contributed by atoms with van der Waals surface area (Å²) in [7, 11) is 1.39. The molecular formula is C12H22ClN3O3. The number of esters is 1. The molecule has 2 rings (SSSR count). The predicted octanol–water partition coefficient (Wildman–Crippen LogP) is -0.619. The second kappa shape index (κ2) is 7.67. The fourth-order valence-electron chi connectivity index (χ4n) is 2.66. The maximum atomic E-state index is 11.7. The van der Waals surface area contributed by atoms with Crippen LogP contribution in [0.3, 0.4) is 0 Å². The van der Waals surface area contributed by atoms with Gasteiger partial charge in [0.2, 0.25) is 5.91 Å². The first kappa shape index (κ1) is 16.2. The number of ether oxygens (including phenoxy) is 1. The molecule has 2 aliphatic rings. The molecule has 0 aromatic carbocycles. The number of hydrogen-bond donors (Lipinski definition) is 2. The summed E-state index contributed by atoms with van der Waals surface area (Å²) in [5, 5.41) is 6.07. The number of methoxy groups -OCH3 is 1. The number of carbonyl (C=O) groups is 2. The van der Waals surface area contributed by atoms with Crippen molar-refractivity contribution in [1.29, 1.82) is 0 Å². The van der Waals surface area contributed by atoms with Crippen LogP contribution in [0.15, 0.2) is 0 Å². The van der Waals surface area contributed by atoms with Crippen LogP contribution in [0.5, 0.6) is 0 Å². The maximum Gasteiger partial charge on any atom is 0.324 e. The van der Waals surface area contributed by atoms with Crippen molar-refractivity contribution in [3.8, 4) is 0 Å². The van der Waals surface area contributed by atoms with E-state index in [0.29, 0.717) is 12.5 Å². The minimum Gasteiger partial charge on any atom is -0.468 e. The molecular weight excluding hydrogens is 270 g/mol. The summed E-state index contributed by atoms with van der Waals surface area (Å²) in [4.78, 5) is 25.1. The van der Waals surface area contributed by atoms with E-state index >= 15 is 0 Å². The number of rotatable bonds is 3. The van der Waals surface area contributed by atoms with Crippen LogP contribution in [0.1, 0.15) is 12.8 Å². The minimum atomic E-state index is -0.338. The molecule has 7 heteroatoms. The first-order valence-electron chi connectivity index (χ1n) is 6.50. The van der Waals surface area contributed by atoms with Gasteiger partial charge in [0.15, 0.2) is 0 Å². The number of piperidine rings is 1. The molecule has 0 bridgehead atoms. The molecule has 2 N–H and O–H groups in total. The van der Waals surface area contributed by atoms with Crippen LogP contribution in [0.2, 0.25) is 0 Å². The van der Waals surface area contributed by atoms with Gasteiger partial charge < -0.3 is 15.4 Å². The molecule has 0 saturated carbocycles. The SMILES string of the molecule is COC(=O)C1CNC(=O)CN1CC1CCCNC1.Cl. The highest BCUT2D eigenvalue weighted by Gasteiger charge is 2.34. The summed E-state index contributed by atoms with van der Waals surface area (Å²) in [5.74, 6) is 0.231. The van der Waals surface area contributed by atoms with E-state index in [1.165, 1.54) is 7.11 Å². The molecule has 2 unspecified atom stereocenters. The van der Waals surface area contributed by atoms with Crippen LogP contribution in [0, 0.1) is 5.92 Å². The number of carbonyl (C=O) groups excluding carboxylic acids is 2. The largest absolute Gasteiger partial charge is 0.468 e. The molecule has 0 radical (unpaired) electrons. The number of amides is 1. The topological polar surface area (TPSA) is 70.7 Å². The van der Waals surface area contributed by atoms with Gasteiger partial charge in [-0.15, -0.1) is 12.4 Å². The Hall–Kier alpha value is -0.850. The highest BCUT2D eigenvalue weighted by atomic mass is 35.5. The Balaban J connectivity index is 0.00000180. The molecule has 1 amide bonds. The van der Waals surface area contributed by atoms with Crippen molar-refractivity contribution in [2.45, 2.75) is 18.9 Å². The fourth-order valence-corrected chi connectivity index (χ4v) is 2.66. The second-order valence-electron chi connectivity index (χ2n) is 4.98. The van der Waals surface area contributed by atoms with Crippen molar-refractivity contribution in [1.82, 2.24) is 15.5 Å². The van der Waals surface area contributed by atoms with E-state index in [2.05, 4.69) is 10.6 Å². The van der Waals surface area contributed by atoms with Crippen molar-refractivity contribution in [2.24, 2.45) is 5.92 Å². The van der Waals surface area contributed by atoms with Gasteiger partial charge >= 0.3 is 5.97 Å². The van der Waals surface area contributed by atoms with Gasteiger partial charge in [0.25, 0.3) is 0 Å². The van der Waals surface area contributed by atoms with E-state index in [9.17, 15) is 9.59 Å². The third-order valence-electron chi connectivity index (χ3n) is 3.64. The van der Waals surface area contributed by atoms with Gasteiger partial charge in [-0.1, -0.05) is 0 Å². The average molecular weight is 292 g/mol. The van der Waals surface area contributed by atoms with Crippen LogP contribution < -0.4 is 10.6 Å². The van der Waals surface area contributed by atoms with Crippen molar-refractivity contribution >= 4 is 24.3 Å². The molecule has 2 aliphatic heterocycles. The van der Waals surface area contributed by atoms with E-state index in [1.54, 1.807) is 0 Å². The first-order chi connectivity index (χ1) is 8.70. The number of nitrogens with zero attached hydrogens (tertiary/aromatic N) is 1. The second-order valence-corrected chi connectivity index (χ2v) is 4.98. The maximum absolute atomic E-state index is 11.7. The molecule has 2 saturated heterocycles. The van der Waals surface area contributed by atoms with Gasteiger partial charge in [-0.2, -0.15) is 0 Å². The van der Waals surface area contributed by atoms with Gasteiger partial charge in [-0.25, -0.2) is 0 Å². The minimum absolute atomic E-state index is 0. The van der Waals surface area contributed by atoms with Crippen molar-refractivity contribution in [3.63, 3.8) is 0 Å². The van der Waals surface area contributed by atoms with Crippen molar-refractivity contribution in [3.05, 3.63) is 0 Å². The summed E-state index contributed by atoms with van der Waals surface area (Å²) in [6, 6.07) is -0.338. The highest BCUT2D eigenvalue weighted by molar-refractivity contribution is 5.85. The fraction of sp³-hybridized carbons (Fsp3) is 0.833. The standard InChI is InChI=1S/C12H21N3O3.ClH/c1-18-12(17)10-6-14-11(16)8-15(10)7-9-3-2-4-13-5-9;/h9-10,13H,2-8H2,1H3,(H,14,16);1H. The number of nitrogens with one attached hydrogen (secondary N) is 2. The number of hydrogen-bond acceptors (Lipinski definition) is 5. The zero-order valence-electron chi connectivity index (χ0n) is 11.2. The quantitative estimate of drug-likeness (QED) is 0.678. The normalized spacial score (nSPS) is 28.2. The third-order valence-corrected chi connectivity index (χ3v) is 3.64. The van der Waals surface area contributed by atoms with Crippen molar-refractivity contribution in [2.75, 3.05) is 39.8 Å². The van der Waals surface area contributed by atoms with E-state index in [-0.39, 0.29) is 36.9 Å². The lowest BCUT2D eigenvalue weighted by atomic mass is 9.98. The average Bonchev–Trinajstić information content (AvgIpc) is 2.39. The lowest BCUT2D eigenvalue weighted by molar-refractivity contribution is -0.149. The first-order valence-corrected chi connectivity index (χ1v) is 6.50. The van der Waals surface area contributed by atoms with Gasteiger partial charge in [-0.05, 0) is 31.8 Å². The zero-order chi connectivity index (χ0) is 13.0. The lowest BCUT2D eigenvalue weighted by Gasteiger charge is -2.36. The van der Waals surface area contributed by atoms with E-state index in [1.807, 2.05) is 4.90 Å². The summed E-state index contributed by atoms with van der Waals surface area (Å²) in [6.45, 7) is 3.45. The number of halogens is 1. The molecule has 6 nitrogen and oxygen atoms in total. The molecule has 2 heterocycles. The Kier molecular flexibility index (Phi) is 6.54. The van der Waals surface area contributed by atoms with Crippen LogP contribution >= 0.6 is 12.4 Å². The van der Waals surface area contributed by atoms with Crippen LogP contribution in [-0.4, -0.2) is 62.7 Å². The molecule has 0 spiro atoms. The Bertz CT molecular complexity index is 321. The van der Waals surface area contributed by atoms with Crippen molar-refractivity contribution < 1.29 is 14.3 Å². The Morgan fingerprint density at radius 3 is 2.89 bits per heavy atom. The molecule has 110 valence electrons.